The van der Waals surface area contributed by atoms with E-state index in [-0.39, 0.29) is 5.54 Å². The molecule has 0 atom stereocenters. The Kier molecular flexibility index (Phi) is 4.98. The summed E-state index contributed by atoms with van der Waals surface area (Å²) in [6.07, 6.45) is 7.41. The van der Waals surface area contributed by atoms with Gasteiger partial charge in [0.1, 0.15) is 0 Å². The summed E-state index contributed by atoms with van der Waals surface area (Å²) in [6, 6.07) is 0. The first-order valence-corrected chi connectivity index (χ1v) is 7.56. The largest absolute Gasteiger partial charge is 0.360 e. The zero-order valence-electron chi connectivity index (χ0n) is 13.5. The molecule has 1 heterocycles. The molecule has 1 aliphatic carbocycles. The van der Waals surface area contributed by atoms with Gasteiger partial charge in [0.25, 0.3) is 0 Å². The Labute approximate surface area is 126 Å². The third-order valence-electron chi connectivity index (χ3n) is 4.46. The summed E-state index contributed by atoms with van der Waals surface area (Å²) in [6.45, 7) is 0.790. The first-order valence-electron chi connectivity index (χ1n) is 7.56. The van der Waals surface area contributed by atoms with Crippen molar-refractivity contribution in [3.63, 3.8) is 0 Å². The molecule has 0 saturated heterocycles. The van der Waals surface area contributed by atoms with Crippen LogP contribution in [0.1, 0.15) is 32.1 Å². The van der Waals surface area contributed by atoms with E-state index in [2.05, 4.69) is 34.3 Å². The predicted octanol–water partition coefficient (Wildman–Crippen LogP) is 2.36. The van der Waals surface area contributed by atoms with Crippen LogP contribution in [0.2, 0.25) is 0 Å². The Morgan fingerprint density at radius 3 is 2.43 bits per heavy atom. The summed E-state index contributed by atoms with van der Waals surface area (Å²) >= 11 is 0. The van der Waals surface area contributed by atoms with Crippen molar-refractivity contribution in [3.8, 4) is 0 Å². The molecule has 118 valence electrons. The molecule has 0 amide bonds. The molecule has 0 spiro atoms. The smallest absolute Gasteiger partial charge is 0.224 e. The maximum absolute atomic E-state index is 13.6. The number of anilines is 2. The molecule has 5 nitrogen and oxygen atoms in total. The molecule has 2 rings (SSSR count). The van der Waals surface area contributed by atoms with Crippen LogP contribution in [0.3, 0.4) is 0 Å². The van der Waals surface area contributed by atoms with E-state index < -0.39 is 5.82 Å². The fraction of sp³-hybridized carbons (Fsp3) is 0.733. The van der Waals surface area contributed by atoms with Gasteiger partial charge in [0.2, 0.25) is 5.95 Å². The first-order chi connectivity index (χ1) is 9.94. The number of nitrogens with one attached hydrogen (secondary N) is 1. The molecule has 1 aromatic heterocycles. The minimum absolute atomic E-state index is 0.147. The van der Waals surface area contributed by atoms with Crippen molar-refractivity contribution in [3.05, 3.63) is 12.0 Å². The van der Waals surface area contributed by atoms with Crippen LogP contribution in [-0.4, -0.2) is 55.1 Å². The van der Waals surface area contributed by atoms with Gasteiger partial charge in [-0.2, -0.15) is 4.98 Å². The average Bonchev–Trinajstić information content (AvgIpc) is 2.47. The Bertz CT molecular complexity index is 469. The van der Waals surface area contributed by atoms with Crippen LogP contribution in [0.15, 0.2) is 6.20 Å². The summed E-state index contributed by atoms with van der Waals surface area (Å²) < 4.78 is 13.6. The highest BCUT2D eigenvalue weighted by molar-refractivity contribution is 5.42. The molecule has 0 aliphatic heterocycles. The van der Waals surface area contributed by atoms with Crippen molar-refractivity contribution >= 4 is 11.8 Å². The van der Waals surface area contributed by atoms with E-state index in [9.17, 15) is 4.39 Å². The summed E-state index contributed by atoms with van der Waals surface area (Å²) in [5, 5.41) is 3.30. The fourth-order valence-electron chi connectivity index (χ4n) is 2.99. The molecule has 1 N–H and O–H groups in total. The zero-order chi connectivity index (χ0) is 15.5. The number of hydrogen-bond donors (Lipinski definition) is 1. The van der Waals surface area contributed by atoms with E-state index in [1.807, 2.05) is 0 Å². The molecule has 0 unspecified atom stereocenters. The third kappa shape index (κ3) is 3.61. The summed E-state index contributed by atoms with van der Waals surface area (Å²) in [5.74, 6) is 0.410. The molecule has 0 radical (unpaired) electrons. The second kappa shape index (κ2) is 6.56. The van der Waals surface area contributed by atoms with Crippen molar-refractivity contribution < 1.29 is 4.39 Å². The lowest BCUT2D eigenvalue weighted by molar-refractivity contribution is 0.113. The minimum atomic E-state index is -0.398. The van der Waals surface area contributed by atoms with Crippen molar-refractivity contribution in [2.24, 2.45) is 0 Å². The van der Waals surface area contributed by atoms with Gasteiger partial charge in [0.05, 0.1) is 6.20 Å². The molecular weight excluding hydrogens is 269 g/mol. The molecule has 1 aromatic rings. The van der Waals surface area contributed by atoms with E-state index in [1.165, 1.54) is 38.3 Å². The van der Waals surface area contributed by atoms with Crippen LogP contribution in [0.5, 0.6) is 0 Å². The standard InChI is InChI=1S/C15H26FN5/c1-20(2)13-12(16)10-17-14(19-13)18-11-15(21(3)4)8-6-5-7-9-15/h10H,5-9,11H2,1-4H3,(H,17,18,19). The van der Waals surface area contributed by atoms with Crippen LogP contribution in [0, 0.1) is 5.82 Å². The molecule has 0 aromatic carbocycles. The lowest BCUT2D eigenvalue weighted by atomic mass is 9.80. The molecule has 6 heteroatoms. The maximum Gasteiger partial charge on any atom is 0.224 e. The molecule has 0 bridgehead atoms. The van der Waals surface area contributed by atoms with Crippen LogP contribution < -0.4 is 10.2 Å². The summed E-state index contributed by atoms with van der Waals surface area (Å²) in [5.41, 5.74) is 0.147. The number of halogens is 1. The second-order valence-electron chi connectivity index (χ2n) is 6.29. The molecule has 1 saturated carbocycles. The van der Waals surface area contributed by atoms with Gasteiger partial charge in [-0.3, -0.25) is 0 Å². The van der Waals surface area contributed by atoms with E-state index in [4.69, 9.17) is 0 Å². The molecular formula is C15H26FN5. The number of rotatable bonds is 5. The van der Waals surface area contributed by atoms with Gasteiger partial charge in [0.15, 0.2) is 11.6 Å². The molecule has 1 aliphatic rings. The highest BCUT2D eigenvalue weighted by atomic mass is 19.1. The topological polar surface area (TPSA) is 44.3 Å². The minimum Gasteiger partial charge on any atom is -0.360 e. The highest BCUT2D eigenvalue weighted by Gasteiger charge is 2.34. The van der Waals surface area contributed by atoms with Crippen molar-refractivity contribution in [1.82, 2.24) is 14.9 Å². The van der Waals surface area contributed by atoms with Gasteiger partial charge < -0.3 is 15.1 Å². The summed E-state index contributed by atoms with van der Waals surface area (Å²) in [7, 11) is 7.81. The van der Waals surface area contributed by atoms with Crippen LogP contribution in [-0.2, 0) is 0 Å². The number of hydrogen-bond acceptors (Lipinski definition) is 5. The number of aromatic nitrogens is 2. The third-order valence-corrected chi connectivity index (χ3v) is 4.46. The SMILES string of the molecule is CN(C)c1nc(NCC2(N(C)C)CCCCC2)ncc1F. The lowest BCUT2D eigenvalue weighted by Gasteiger charge is -2.43. The lowest BCUT2D eigenvalue weighted by Crippen LogP contribution is -2.51. The van der Waals surface area contributed by atoms with Gasteiger partial charge in [-0.25, -0.2) is 9.37 Å². The van der Waals surface area contributed by atoms with Crippen LogP contribution in [0.25, 0.3) is 0 Å². The average molecular weight is 295 g/mol. The number of nitrogens with zero attached hydrogens (tertiary/aromatic N) is 4. The van der Waals surface area contributed by atoms with E-state index in [0.29, 0.717) is 11.8 Å². The highest BCUT2D eigenvalue weighted by Crippen LogP contribution is 2.32. The predicted molar refractivity (Wildman–Crippen MR) is 84.3 cm³/mol. The van der Waals surface area contributed by atoms with Crippen molar-refractivity contribution in [2.75, 3.05) is 45.0 Å². The maximum atomic E-state index is 13.6. The summed E-state index contributed by atoms with van der Waals surface area (Å²) in [4.78, 5) is 12.3. The van der Waals surface area contributed by atoms with Gasteiger partial charge in [-0.15, -0.1) is 0 Å². The van der Waals surface area contributed by atoms with Gasteiger partial charge in [-0.1, -0.05) is 19.3 Å². The zero-order valence-corrected chi connectivity index (χ0v) is 13.5. The van der Waals surface area contributed by atoms with E-state index in [1.54, 1.807) is 19.0 Å². The first kappa shape index (κ1) is 15.9. The Morgan fingerprint density at radius 1 is 1.19 bits per heavy atom. The van der Waals surface area contributed by atoms with Gasteiger partial charge in [0, 0.05) is 26.2 Å². The van der Waals surface area contributed by atoms with E-state index >= 15 is 0 Å². The van der Waals surface area contributed by atoms with Crippen LogP contribution >= 0.6 is 0 Å². The Hall–Kier alpha value is -1.43. The normalized spacial score (nSPS) is 17.8. The van der Waals surface area contributed by atoms with Crippen LogP contribution in [0.4, 0.5) is 16.2 Å². The number of likely N-dealkylation sites (N-methyl/N-ethyl adjacent to an activating group) is 1. The van der Waals surface area contributed by atoms with Gasteiger partial charge in [-0.05, 0) is 26.9 Å². The van der Waals surface area contributed by atoms with Crippen molar-refractivity contribution in [2.45, 2.75) is 37.6 Å². The quantitative estimate of drug-likeness (QED) is 0.903. The molecule has 21 heavy (non-hydrogen) atoms. The van der Waals surface area contributed by atoms with E-state index in [0.717, 1.165) is 6.54 Å². The van der Waals surface area contributed by atoms with Crippen molar-refractivity contribution in [1.29, 1.82) is 0 Å². The fourth-order valence-corrected chi connectivity index (χ4v) is 2.99. The monoisotopic (exact) mass is 295 g/mol. The Morgan fingerprint density at radius 2 is 1.86 bits per heavy atom. The Balaban J connectivity index is 2.09. The molecule has 1 fully saturated rings. The second-order valence-corrected chi connectivity index (χ2v) is 6.29. The van der Waals surface area contributed by atoms with Gasteiger partial charge >= 0.3 is 0 Å².